The Kier molecular flexibility index (Phi) is 4.80. The number of aliphatic hydroxyl groups excluding tert-OH is 1. The van der Waals surface area contributed by atoms with Gasteiger partial charge in [-0.1, -0.05) is 38.7 Å². The van der Waals surface area contributed by atoms with Gasteiger partial charge in [-0.3, -0.25) is 4.57 Å². The Morgan fingerprint density at radius 1 is 1.21 bits per heavy atom. The number of benzene rings is 1. The smallest absolute Gasteiger partial charge is 0.408 e. The number of aliphatic hydroxyl groups is 1. The van der Waals surface area contributed by atoms with E-state index in [0.717, 1.165) is 23.9 Å². The van der Waals surface area contributed by atoms with Crippen LogP contribution in [0.15, 0.2) is 27.4 Å². The van der Waals surface area contributed by atoms with Gasteiger partial charge in [0.1, 0.15) is 0 Å². The van der Waals surface area contributed by atoms with Gasteiger partial charge in [0.2, 0.25) is 0 Å². The van der Waals surface area contributed by atoms with Gasteiger partial charge in [-0.05, 0) is 24.1 Å². The van der Waals surface area contributed by atoms with E-state index in [4.69, 9.17) is 9.52 Å². The number of hydrogen-bond acceptors (Lipinski definition) is 3. The second kappa shape index (κ2) is 6.57. The molecular formula is C15H21NO3. The zero-order valence-corrected chi connectivity index (χ0v) is 11.4. The average Bonchev–Trinajstić information content (AvgIpc) is 2.74. The molecule has 0 aliphatic heterocycles. The van der Waals surface area contributed by atoms with E-state index in [9.17, 15) is 4.79 Å². The zero-order valence-electron chi connectivity index (χ0n) is 11.4. The lowest BCUT2D eigenvalue weighted by molar-refractivity contribution is 0.282. The minimum absolute atomic E-state index is 0.0220. The van der Waals surface area contributed by atoms with E-state index in [-0.39, 0.29) is 12.4 Å². The molecule has 2 aromatic rings. The van der Waals surface area contributed by atoms with Gasteiger partial charge in [-0.2, -0.15) is 0 Å². The summed E-state index contributed by atoms with van der Waals surface area (Å²) in [7, 11) is 0. The van der Waals surface area contributed by atoms with Gasteiger partial charge >= 0.3 is 5.76 Å². The highest BCUT2D eigenvalue weighted by molar-refractivity contribution is 5.73. The standard InChI is InChI=1S/C15H21NO3/c1-2-3-4-5-6-9-16-13-10-12(11-17)7-8-14(13)19-15(16)18/h7-8,10,17H,2-6,9,11H2,1H3. The summed E-state index contributed by atoms with van der Waals surface area (Å²) in [6.45, 7) is 2.85. The van der Waals surface area contributed by atoms with Crippen LogP contribution >= 0.6 is 0 Å². The molecule has 0 aliphatic carbocycles. The van der Waals surface area contributed by atoms with Crippen molar-refractivity contribution in [1.29, 1.82) is 0 Å². The molecular weight excluding hydrogens is 242 g/mol. The molecule has 1 N–H and O–H groups in total. The molecule has 0 radical (unpaired) electrons. The second-order valence-corrected chi connectivity index (χ2v) is 4.89. The van der Waals surface area contributed by atoms with E-state index in [1.165, 1.54) is 19.3 Å². The third-order valence-electron chi connectivity index (χ3n) is 3.40. The van der Waals surface area contributed by atoms with Gasteiger partial charge < -0.3 is 9.52 Å². The number of unbranched alkanes of at least 4 members (excludes halogenated alkanes) is 4. The number of hydrogen-bond donors (Lipinski definition) is 1. The third kappa shape index (κ3) is 3.26. The molecule has 104 valence electrons. The minimum atomic E-state index is -0.305. The summed E-state index contributed by atoms with van der Waals surface area (Å²) in [5, 5.41) is 9.15. The highest BCUT2D eigenvalue weighted by Crippen LogP contribution is 2.16. The van der Waals surface area contributed by atoms with Crippen LogP contribution in [-0.4, -0.2) is 9.67 Å². The zero-order chi connectivity index (χ0) is 13.7. The quantitative estimate of drug-likeness (QED) is 0.781. The molecule has 4 nitrogen and oxygen atoms in total. The fraction of sp³-hybridized carbons (Fsp3) is 0.533. The van der Waals surface area contributed by atoms with Crippen molar-refractivity contribution in [3.63, 3.8) is 0 Å². The molecule has 1 aromatic heterocycles. The van der Waals surface area contributed by atoms with Crippen LogP contribution in [0.1, 0.15) is 44.6 Å². The molecule has 0 aliphatic rings. The first kappa shape index (κ1) is 13.9. The Hall–Kier alpha value is -1.55. The summed E-state index contributed by atoms with van der Waals surface area (Å²) in [4.78, 5) is 11.8. The maximum absolute atomic E-state index is 11.8. The van der Waals surface area contributed by atoms with Crippen molar-refractivity contribution in [3.05, 3.63) is 34.3 Å². The van der Waals surface area contributed by atoms with Crippen molar-refractivity contribution >= 4 is 11.1 Å². The summed E-state index contributed by atoms with van der Waals surface area (Å²) in [5.74, 6) is -0.305. The van der Waals surface area contributed by atoms with E-state index < -0.39 is 0 Å². The molecule has 19 heavy (non-hydrogen) atoms. The number of aryl methyl sites for hydroxylation is 1. The summed E-state index contributed by atoms with van der Waals surface area (Å²) >= 11 is 0. The minimum Gasteiger partial charge on any atom is -0.408 e. The van der Waals surface area contributed by atoms with Crippen LogP contribution in [-0.2, 0) is 13.2 Å². The van der Waals surface area contributed by atoms with E-state index in [1.54, 1.807) is 16.7 Å². The lowest BCUT2D eigenvalue weighted by Crippen LogP contribution is -2.14. The van der Waals surface area contributed by atoms with Gasteiger partial charge in [-0.15, -0.1) is 0 Å². The normalized spacial score (nSPS) is 11.3. The van der Waals surface area contributed by atoms with Gasteiger partial charge in [0.25, 0.3) is 0 Å². The van der Waals surface area contributed by atoms with Crippen LogP contribution in [0.2, 0.25) is 0 Å². The highest BCUT2D eigenvalue weighted by Gasteiger charge is 2.09. The SMILES string of the molecule is CCCCCCCn1c(=O)oc2ccc(CO)cc21. The number of fused-ring (bicyclic) bond motifs is 1. The van der Waals surface area contributed by atoms with Crippen molar-refractivity contribution < 1.29 is 9.52 Å². The molecule has 2 rings (SSSR count). The van der Waals surface area contributed by atoms with E-state index in [0.29, 0.717) is 12.1 Å². The molecule has 0 amide bonds. The molecule has 0 saturated heterocycles. The predicted octanol–water partition coefficient (Wildman–Crippen LogP) is 3.06. The van der Waals surface area contributed by atoms with Crippen LogP contribution in [0, 0.1) is 0 Å². The fourth-order valence-corrected chi connectivity index (χ4v) is 2.29. The first-order valence-electron chi connectivity index (χ1n) is 6.99. The number of nitrogens with zero attached hydrogens (tertiary/aromatic N) is 1. The maximum atomic E-state index is 11.8. The summed E-state index contributed by atoms with van der Waals surface area (Å²) in [6, 6.07) is 5.35. The molecule has 0 saturated carbocycles. The van der Waals surface area contributed by atoms with Crippen molar-refractivity contribution in [2.24, 2.45) is 0 Å². The van der Waals surface area contributed by atoms with Gasteiger partial charge in [0.05, 0.1) is 12.1 Å². The average molecular weight is 263 g/mol. The van der Waals surface area contributed by atoms with E-state index in [2.05, 4.69) is 6.92 Å². The Labute approximate surface area is 112 Å². The van der Waals surface area contributed by atoms with Gasteiger partial charge in [-0.25, -0.2) is 4.79 Å². The topological polar surface area (TPSA) is 55.4 Å². The van der Waals surface area contributed by atoms with Crippen molar-refractivity contribution in [1.82, 2.24) is 4.57 Å². The predicted molar refractivity (Wildman–Crippen MR) is 75.2 cm³/mol. The van der Waals surface area contributed by atoms with Crippen LogP contribution in [0.4, 0.5) is 0 Å². The Morgan fingerprint density at radius 2 is 2.00 bits per heavy atom. The Balaban J connectivity index is 2.12. The fourth-order valence-electron chi connectivity index (χ4n) is 2.29. The molecule has 0 bridgehead atoms. The number of oxazole rings is 1. The van der Waals surface area contributed by atoms with Crippen LogP contribution in [0.5, 0.6) is 0 Å². The monoisotopic (exact) mass is 263 g/mol. The van der Waals surface area contributed by atoms with Crippen molar-refractivity contribution in [2.75, 3.05) is 0 Å². The molecule has 0 atom stereocenters. The third-order valence-corrected chi connectivity index (χ3v) is 3.40. The van der Waals surface area contributed by atoms with Gasteiger partial charge in [0.15, 0.2) is 5.58 Å². The molecule has 0 unspecified atom stereocenters. The molecule has 4 heteroatoms. The largest absolute Gasteiger partial charge is 0.419 e. The lowest BCUT2D eigenvalue weighted by atomic mass is 10.1. The lowest BCUT2D eigenvalue weighted by Gasteiger charge is -2.03. The Morgan fingerprint density at radius 3 is 2.74 bits per heavy atom. The highest BCUT2D eigenvalue weighted by atomic mass is 16.4. The summed E-state index contributed by atoms with van der Waals surface area (Å²) < 4.78 is 6.87. The maximum Gasteiger partial charge on any atom is 0.419 e. The molecule has 1 heterocycles. The molecule has 0 spiro atoms. The van der Waals surface area contributed by atoms with Gasteiger partial charge in [0, 0.05) is 6.54 Å². The van der Waals surface area contributed by atoms with Crippen LogP contribution < -0.4 is 5.76 Å². The molecule has 0 fully saturated rings. The van der Waals surface area contributed by atoms with E-state index in [1.807, 2.05) is 6.07 Å². The second-order valence-electron chi connectivity index (χ2n) is 4.89. The van der Waals surface area contributed by atoms with Crippen molar-refractivity contribution in [3.8, 4) is 0 Å². The van der Waals surface area contributed by atoms with Crippen LogP contribution in [0.25, 0.3) is 11.1 Å². The van der Waals surface area contributed by atoms with Crippen LogP contribution in [0.3, 0.4) is 0 Å². The summed E-state index contributed by atoms with van der Waals surface area (Å²) in [6.07, 6.45) is 5.79. The number of aromatic nitrogens is 1. The first-order valence-corrected chi connectivity index (χ1v) is 6.99. The number of rotatable bonds is 7. The van der Waals surface area contributed by atoms with E-state index >= 15 is 0 Å². The Bertz CT molecular complexity index is 583. The first-order chi connectivity index (χ1) is 9.26. The molecule has 1 aromatic carbocycles. The summed E-state index contributed by atoms with van der Waals surface area (Å²) in [5.41, 5.74) is 2.18. The van der Waals surface area contributed by atoms with Crippen molar-refractivity contribution in [2.45, 2.75) is 52.2 Å².